The van der Waals surface area contributed by atoms with Crippen LogP contribution in [0.15, 0.2) is 17.1 Å². The molecular weight excluding hydrogens is 194 g/mol. The summed E-state index contributed by atoms with van der Waals surface area (Å²) in [6.45, 7) is -1.88. The molecule has 1 aromatic rings. The molecule has 14 heavy (non-hydrogen) atoms. The maximum absolute atomic E-state index is 12.2. The molecule has 0 aliphatic rings. The van der Waals surface area contributed by atoms with E-state index in [9.17, 15) is 18.4 Å². The molecule has 0 amide bonds. The number of carbonyl (C=O) groups is 1. The van der Waals surface area contributed by atoms with Crippen molar-refractivity contribution in [2.24, 2.45) is 0 Å². The number of nitrogens with two attached hydrogens (primary N) is 1. The number of anilines is 1. The predicted octanol–water partition coefficient (Wildman–Crippen LogP) is 1.03. The number of rotatable bonds is 2. The van der Waals surface area contributed by atoms with Crippen molar-refractivity contribution in [1.82, 2.24) is 4.57 Å². The molecule has 1 heterocycles. The summed E-state index contributed by atoms with van der Waals surface area (Å²) in [5.41, 5.74) is 3.86. The van der Waals surface area contributed by atoms with Crippen LogP contribution in [0.25, 0.3) is 0 Å². The van der Waals surface area contributed by atoms with Gasteiger partial charge in [-0.3, -0.25) is 14.2 Å². The van der Waals surface area contributed by atoms with Crippen molar-refractivity contribution in [3.8, 4) is 0 Å². The third-order valence-corrected chi connectivity index (χ3v) is 1.65. The Morgan fingerprint density at radius 1 is 1.57 bits per heavy atom. The van der Waals surface area contributed by atoms with Crippen LogP contribution in [-0.2, 0) is 0 Å². The van der Waals surface area contributed by atoms with Crippen molar-refractivity contribution in [2.75, 3.05) is 5.73 Å². The van der Waals surface area contributed by atoms with Gasteiger partial charge in [-0.05, 0) is 13.0 Å². The van der Waals surface area contributed by atoms with E-state index in [1.165, 1.54) is 0 Å². The summed E-state index contributed by atoms with van der Waals surface area (Å²) in [6, 6.07) is 1.09. The van der Waals surface area contributed by atoms with E-state index in [1.807, 2.05) is 0 Å². The average Bonchev–Trinajstić information content (AvgIpc) is 2.07. The minimum absolute atomic E-state index is 0.0462. The fraction of sp³-hybridized carbons (Fsp3) is 0.250. The summed E-state index contributed by atoms with van der Waals surface area (Å²) in [4.78, 5) is 22.1. The number of carbonyl (C=O) groups excluding carboxylic acids is 1. The van der Waals surface area contributed by atoms with Crippen LogP contribution >= 0.6 is 0 Å². The van der Waals surface area contributed by atoms with Gasteiger partial charge in [0.05, 0.1) is 5.56 Å². The van der Waals surface area contributed by atoms with Gasteiger partial charge in [-0.25, -0.2) is 0 Å². The van der Waals surface area contributed by atoms with Gasteiger partial charge in [-0.15, -0.1) is 0 Å². The Hall–Kier alpha value is -1.72. The quantitative estimate of drug-likeness (QED) is 0.728. The van der Waals surface area contributed by atoms with Gasteiger partial charge in [0.15, 0.2) is 5.78 Å². The zero-order valence-electron chi connectivity index (χ0n) is 7.33. The van der Waals surface area contributed by atoms with Crippen molar-refractivity contribution in [3.63, 3.8) is 0 Å². The molecule has 6 heteroatoms. The molecule has 0 unspecified atom stereocenters. The van der Waals surface area contributed by atoms with Gasteiger partial charge < -0.3 is 5.73 Å². The maximum Gasteiger partial charge on any atom is 0.321 e. The van der Waals surface area contributed by atoms with Crippen molar-refractivity contribution in [1.29, 1.82) is 0 Å². The summed E-state index contributed by atoms with van der Waals surface area (Å²) in [5, 5.41) is 0. The Morgan fingerprint density at radius 2 is 2.14 bits per heavy atom. The number of nitrogen functional groups attached to an aromatic ring is 1. The largest absolute Gasteiger partial charge is 0.398 e. The summed E-state index contributed by atoms with van der Waals surface area (Å²) < 4.78 is 24.6. The number of hydrogen-bond acceptors (Lipinski definition) is 3. The van der Waals surface area contributed by atoms with Crippen LogP contribution in [0.3, 0.4) is 0 Å². The highest BCUT2D eigenvalue weighted by Gasteiger charge is 2.14. The van der Waals surface area contributed by atoms with Crippen molar-refractivity contribution >= 4 is 11.5 Å². The van der Waals surface area contributed by atoms with E-state index in [1.54, 1.807) is 0 Å². The minimum Gasteiger partial charge on any atom is -0.398 e. The van der Waals surface area contributed by atoms with E-state index in [-0.39, 0.29) is 15.8 Å². The highest BCUT2D eigenvalue weighted by molar-refractivity contribution is 5.94. The van der Waals surface area contributed by atoms with E-state index < -0.39 is 17.9 Å². The molecule has 0 radical (unpaired) electrons. The number of halogens is 2. The van der Waals surface area contributed by atoms with Gasteiger partial charge in [0, 0.05) is 11.9 Å². The van der Waals surface area contributed by atoms with Crippen LogP contribution in [0.5, 0.6) is 0 Å². The molecular formula is C8H8F2N2O2. The number of nitrogens with zero attached hydrogens (tertiary/aromatic N) is 1. The van der Waals surface area contributed by atoms with Gasteiger partial charge in [0.1, 0.15) is 0 Å². The van der Waals surface area contributed by atoms with Crippen molar-refractivity contribution in [3.05, 3.63) is 28.2 Å². The Bertz CT molecular complexity index is 426. The molecule has 76 valence electrons. The van der Waals surface area contributed by atoms with Crippen LogP contribution in [0.1, 0.15) is 23.8 Å². The fourth-order valence-corrected chi connectivity index (χ4v) is 1.02. The van der Waals surface area contributed by atoms with Gasteiger partial charge in [0.2, 0.25) is 0 Å². The molecule has 1 rings (SSSR count). The van der Waals surface area contributed by atoms with E-state index in [0.717, 1.165) is 19.2 Å². The summed E-state index contributed by atoms with van der Waals surface area (Å²) in [6.07, 6.45) is 0.805. The molecule has 0 saturated carbocycles. The Labute approximate surface area is 77.9 Å². The molecule has 0 spiro atoms. The minimum atomic E-state index is -3.00. The normalized spacial score (nSPS) is 10.6. The molecule has 4 nitrogen and oxygen atoms in total. The summed E-state index contributed by atoms with van der Waals surface area (Å²) >= 11 is 0. The lowest BCUT2D eigenvalue weighted by molar-refractivity contribution is 0.0661. The first-order valence-corrected chi connectivity index (χ1v) is 3.74. The molecule has 0 aliphatic carbocycles. The molecule has 0 saturated heterocycles. The molecule has 0 fully saturated rings. The monoisotopic (exact) mass is 202 g/mol. The first-order chi connectivity index (χ1) is 6.43. The van der Waals surface area contributed by atoms with Crippen LogP contribution in [0.2, 0.25) is 0 Å². The molecule has 1 aromatic heterocycles. The number of pyridine rings is 1. The second-order valence-corrected chi connectivity index (χ2v) is 2.73. The smallest absolute Gasteiger partial charge is 0.321 e. The summed E-state index contributed by atoms with van der Waals surface area (Å²) in [7, 11) is 0. The third kappa shape index (κ3) is 1.78. The highest BCUT2D eigenvalue weighted by Crippen LogP contribution is 2.10. The Morgan fingerprint density at radius 3 is 2.57 bits per heavy atom. The predicted molar refractivity (Wildman–Crippen MR) is 46.4 cm³/mol. The first kappa shape index (κ1) is 10.4. The molecule has 2 N–H and O–H groups in total. The molecule has 0 atom stereocenters. The van der Waals surface area contributed by atoms with Crippen LogP contribution in [-0.4, -0.2) is 10.4 Å². The second kappa shape index (κ2) is 3.57. The maximum atomic E-state index is 12.2. The number of aromatic nitrogens is 1. The van der Waals surface area contributed by atoms with Crippen LogP contribution in [0.4, 0.5) is 14.5 Å². The van der Waals surface area contributed by atoms with E-state index in [2.05, 4.69) is 0 Å². The SMILES string of the molecule is CC(=O)c1cc(N)cn(C(F)F)c1=O. The lowest BCUT2D eigenvalue weighted by Gasteiger charge is -2.06. The highest BCUT2D eigenvalue weighted by atomic mass is 19.3. The molecule has 0 aromatic carbocycles. The van der Waals surface area contributed by atoms with Crippen molar-refractivity contribution in [2.45, 2.75) is 13.5 Å². The zero-order valence-corrected chi connectivity index (χ0v) is 7.33. The first-order valence-electron chi connectivity index (χ1n) is 3.74. The van der Waals surface area contributed by atoms with Gasteiger partial charge in [0.25, 0.3) is 5.56 Å². The average molecular weight is 202 g/mol. The number of alkyl halides is 2. The fourth-order valence-electron chi connectivity index (χ4n) is 1.02. The zero-order chi connectivity index (χ0) is 10.9. The van der Waals surface area contributed by atoms with E-state index in [0.29, 0.717) is 0 Å². The van der Waals surface area contributed by atoms with Gasteiger partial charge in [-0.2, -0.15) is 8.78 Å². The number of hydrogen-bond donors (Lipinski definition) is 1. The van der Waals surface area contributed by atoms with E-state index in [4.69, 9.17) is 5.73 Å². The Balaban J connectivity index is 3.48. The van der Waals surface area contributed by atoms with Crippen LogP contribution < -0.4 is 11.3 Å². The van der Waals surface area contributed by atoms with Gasteiger partial charge in [-0.1, -0.05) is 0 Å². The standard InChI is InChI=1S/C8H8F2N2O2/c1-4(13)6-2-5(11)3-12(7(6)14)8(9)10/h2-3,8H,11H2,1H3. The summed E-state index contributed by atoms with van der Waals surface area (Å²) in [5.74, 6) is -0.586. The topological polar surface area (TPSA) is 65.1 Å². The second-order valence-electron chi connectivity index (χ2n) is 2.73. The Kier molecular flexibility index (Phi) is 2.64. The lowest BCUT2D eigenvalue weighted by atomic mass is 10.2. The van der Waals surface area contributed by atoms with Crippen molar-refractivity contribution < 1.29 is 13.6 Å². The van der Waals surface area contributed by atoms with Crippen LogP contribution in [0, 0.1) is 0 Å². The van der Waals surface area contributed by atoms with E-state index >= 15 is 0 Å². The third-order valence-electron chi connectivity index (χ3n) is 1.65. The van der Waals surface area contributed by atoms with Gasteiger partial charge >= 0.3 is 6.55 Å². The number of Topliss-reactive ketones (excluding diaryl/α,β-unsaturated/α-hetero) is 1. The molecule has 0 bridgehead atoms. The number of ketones is 1. The lowest BCUT2D eigenvalue weighted by Crippen LogP contribution is -2.26. The molecule has 0 aliphatic heterocycles.